The minimum Gasteiger partial charge on any atom is -0.506 e. The Morgan fingerprint density at radius 3 is 2.49 bits per heavy atom. The van der Waals surface area contributed by atoms with Crippen molar-refractivity contribution in [2.45, 2.75) is 45.4 Å². The Hall–Kier alpha value is -5.17. The molecule has 0 saturated carbocycles. The molecule has 5 aromatic rings. The highest BCUT2D eigenvalue weighted by molar-refractivity contribution is 9.10. The quantitative estimate of drug-likeness (QED) is 0.0616. The number of aromatic hydroxyl groups is 1. The van der Waals surface area contributed by atoms with Crippen molar-refractivity contribution in [1.82, 2.24) is 4.98 Å². The number of aromatic nitrogens is 1. The number of hydrogen-bond donors (Lipinski definition) is 6. The van der Waals surface area contributed by atoms with Gasteiger partial charge in [-0.3, -0.25) is 18.9 Å². The van der Waals surface area contributed by atoms with Gasteiger partial charge in [-0.25, -0.2) is 0 Å². The highest BCUT2D eigenvalue weighted by atomic mass is 79.9. The highest BCUT2D eigenvalue weighted by Gasteiger charge is 2.54. The van der Waals surface area contributed by atoms with E-state index in [2.05, 4.69) is 36.9 Å². The Balaban J connectivity index is 1.21. The molecule has 1 fully saturated rings. The van der Waals surface area contributed by atoms with Gasteiger partial charge in [-0.1, -0.05) is 42.5 Å². The van der Waals surface area contributed by atoms with Crippen molar-refractivity contribution in [3.63, 3.8) is 0 Å². The lowest BCUT2D eigenvalue weighted by molar-refractivity contribution is -0.996. The molecule has 0 aliphatic carbocycles. The van der Waals surface area contributed by atoms with Crippen LogP contribution in [0.5, 0.6) is 11.5 Å². The van der Waals surface area contributed by atoms with Gasteiger partial charge in [0.15, 0.2) is 0 Å². The highest BCUT2D eigenvalue weighted by Crippen LogP contribution is 2.40. The SMILES string of the molecule is CCNc1ccc(NC(=O)CCc2ccc(-c3ccccc3)c(NC(=O)C3CC[N+](C)(C)[C@](O)(Oc4ccc(O)c5[nH]c(=O)ccc45)C3)c2)c(C)c1Br. The Morgan fingerprint density at radius 2 is 1.74 bits per heavy atom. The van der Waals surface area contributed by atoms with Crippen LogP contribution in [0.2, 0.25) is 0 Å². The van der Waals surface area contributed by atoms with Gasteiger partial charge in [0.25, 0.3) is 0 Å². The average Bonchev–Trinajstić information content (AvgIpc) is 3.13. The lowest BCUT2D eigenvalue weighted by Crippen LogP contribution is -2.67. The van der Waals surface area contributed by atoms with Crippen molar-refractivity contribution in [2.24, 2.45) is 5.92 Å². The van der Waals surface area contributed by atoms with Crippen LogP contribution < -0.4 is 26.2 Å². The third-order valence-corrected chi connectivity index (χ3v) is 11.1. The van der Waals surface area contributed by atoms with Gasteiger partial charge in [0.05, 0.1) is 38.5 Å². The molecule has 276 valence electrons. The Labute approximate surface area is 316 Å². The number of nitrogens with zero attached hydrogens (tertiary/aromatic N) is 1. The molecule has 11 nitrogen and oxygen atoms in total. The molecule has 6 N–H and O–H groups in total. The number of aliphatic hydroxyl groups is 1. The summed E-state index contributed by atoms with van der Waals surface area (Å²) in [4.78, 5) is 41.7. The van der Waals surface area contributed by atoms with Crippen molar-refractivity contribution in [3.05, 3.63) is 111 Å². The summed E-state index contributed by atoms with van der Waals surface area (Å²) < 4.78 is 7.28. The van der Waals surface area contributed by atoms with Gasteiger partial charge in [0.2, 0.25) is 17.4 Å². The Kier molecular flexibility index (Phi) is 10.9. The number of anilines is 3. The maximum Gasteiger partial charge on any atom is 0.359 e. The van der Waals surface area contributed by atoms with E-state index in [4.69, 9.17) is 4.74 Å². The molecular formula is C41H45BrN5O6+. The van der Waals surface area contributed by atoms with Gasteiger partial charge in [-0.15, -0.1) is 0 Å². The van der Waals surface area contributed by atoms with Crippen LogP contribution in [0.25, 0.3) is 22.0 Å². The first-order chi connectivity index (χ1) is 25.3. The van der Waals surface area contributed by atoms with Crippen LogP contribution in [-0.4, -0.2) is 64.6 Å². The number of quaternary nitrogens is 1. The zero-order chi connectivity index (χ0) is 37.9. The Morgan fingerprint density at radius 1 is 0.981 bits per heavy atom. The van der Waals surface area contributed by atoms with Gasteiger partial charge >= 0.3 is 5.91 Å². The van der Waals surface area contributed by atoms with Gasteiger partial charge in [0.1, 0.15) is 11.5 Å². The molecule has 0 radical (unpaired) electrons. The molecule has 1 aromatic heterocycles. The second kappa shape index (κ2) is 15.4. The lowest BCUT2D eigenvalue weighted by Gasteiger charge is -2.48. The number of H-pyrrole nitrogens is 1. The third-order valence-electron chi connectivity index (χ3n) is 10.1. The number of halogens is 1. The van der Waals surface area contributed by atoms with E-state index in [1.54, 1.807) is 0 Å². The van der Waals surface area contributed by atoms with Crippen molar-refractivity contribution in [3.8, 4) is 22.6 Å². The maximum atomic E-state index is 14.1. The number of pyridine rings is 1. The first kappa shape index (κ1) is 37.6. The van der Waals surface area contributed by atoms with Crippen molar-refractivity contribution in [1.29, 1.82) is 0 Å². The normalized spacial score (nSPS) is 18.0. The molecule has 12 heteroatoms. The first-order valence-corrected chi connectivity index (χ1v) is 18.5. The maximum absolute atomic E-state index is 14.1. The number of fused-ring (bicyclic) bond motifs is 1. The van der Waals surface area contributed by atoms with Crippen molar-refractivity contribution in [2.75, 3.05) is 43.1 Å². The van der Waals surface area contributed by atoms with Crippen LogP contribution in [0.1, 0.15) is 37.3 Å². The molecule has 6 rings (SSSR count). The van der Waals surface area contributed by atoms with Crippen LogP contribution in [0.3, 0.4) is 0 Å². The van der Waals surface area contributed by atoms with E-state index in [-0.39, 0.29) is 51.7 Å². The second-order valence-electron chi connectivity index (χ2n) is 14.1. The molecule has 1 aliphatic rings. The molecule has 0 bridgehead atoms. The molecule has 2 heterocycles. The predicted octanol–water partition coefficient (Wildman–Crippen LogP) is 7.12. The minimum atomic E-state index is -1.81. The second-order valence-corrected chi connectivity index (χ2v) is 14.8. The number of phenols is 1. The van der Waals surface area contributed by atoms with E-state index < -0.39 is 11.8 Å². The van der Waals surface area contributed by atoms with Crippen LogP contribution in [0.15, 0.2) is 94.2 Å². The minimum absolute atomic E-state index is 0.0108. The summed E-state index contributed by atoms with van der Waals surface area (Å²) >= 11 is 3.63. The molecule has 53 heavy (non-hydrogen) atoms. The predicted molar refractivity (Wildman–Crippen MR) is 212 cm³/mol. The molecule has 2 atom stereocenters. The summed E-state index contributed by atoms with van der Waals surface area (Å²) in [6, 6.07) is 25.2. The summed E-state index contributed by atoms with van der Waals surface area (Å²) in [6.07, 6.45) is 1.18. The standard InChI is InChI=1S/C41H44BrN5O6/c1-5-43-32-16-15-31(25(2)38(32)42)44-36(49)19-12-26-11-13-29(27-9-7-6-8-10-27)33(23-26)45-40(51)28-21-22-47(3,4)41(52,24-28)53-35-18-17-34(48)39-30(35)14-20-37(50)46-39/h6-11,13-18,20,23,28,43,52H,5,12,19,21-22,24H2,1-4H3,(H3-,44,45,46,48,49,50,51)/p+1/t28?,41-/m1/s1. The average molecular weight is 784 g/mol. The van der Waals surface area contributed by atoms with E-state index in [1.165, 1.54) is 24.3 Å². The number of rotatable bonds is 11. The number of carbonyl (C=O) groups is 2. The van der Waals surface area contributed by atoms with Gasteiger partial charge in [0, 0.05) is 57.9 Å². The Bertz CT molecular complexity index is 2220. The van der Waals surface area contributed by atoms with E-state index in [9.17, 15) is 24.6 Å². The number of hydrogen-bond acceptors (Lipinski definition) is 7. The fraction of sp³-hybridized carbons (Fsp3) is 0.293. The largest absolute Gasteiger partial charge is 0.506 e. The molecule has 4 aromatic carbocycles. The number of ether oxygens (including phenoxy) is 1. The third kappa shape index (κ3) is 8.09. The number of aromatic amines is 1. The first-order valence-electron chi connectivity index (χ1n) is 17.7. The van der Waals surface area contributed by atoms with E-state index in [0.29, 0.717) is 30.5 Å². The monoisotopic (exact) mass is 782 g/mol. The molecule has 2 amide bonds. The fourth-order valence-electron chi connectivity index (χ4n) is 6.76. The van der Waals surface area contributed by atoms with E-state index in [1.807, 2.05) is 88.6 Å². The molecule has 1 unspecified atom stereocenters. The zero-order valence-electron chi connectivity index (χ0n) is 30.3. The van der Waals surface area contributed by atoms with Gasteiger partial charge < -0.3 is 35.9 Å². The number of amides is 2. The van der Waals surface area contributed by atoms with Crippen LogP contribution in [0, 0.1) is 12.8 Å². The van der Waals surface area contributed by atoms with E-state index in [0.717, 1.165) is 44.6 Å². The summed E-state index contributed by atoms with van der Waals surface area (Å²) in [5.41, 5.74) is 5.70. The number of phenolic OH excluding ortho intramolecular Hbond substituents is 1. The summed E-state index contributed by atoms with van der Waals surface area (Å²) in [5, 5.41) is 32.4. The molecule has 0 spiro atoms. The van der Waals surface area contributed by atoms with Crippen LogP contribution in [0.4, 0.5) is 17.1 Å². The molecule has 1 saturated heterocycles. The number of benzene rings is 4. The van der Waals surface area contributed by atoms with Crippen molar-refractivity contribution >= 4 is 55.7 Å². The smallest absolute Gasteiger partial charge is 0.359 e. The van der Waals surface area contributed by atoms with Gasteiger partial charge in [-0.2, -0.15) is 0 Å². The van der Waals surface area contributed by atoms with Crippen LogP contribution in [-0.2, 0) is 16.0 Å². The number of nitrogens with one attached hydrogen (secondary N) is 4. The van der Waals surface area contributed by atoms with Crippen molar-refractivity contribution < 1.29 is 29.0 Å². The molecule has 1 aliphatic heterocycles. The lowest BCUT2D eigenvalue weighted by atomic mass is 9.90. The van der Waals surface area contributed by atoms with Gasteiger partial charge in [-0.05, 0) is 89.3 Å². The number of piperidine rings is 1. The van der Waals surface area contributed by atoms with E-state index >= 15 is 0 Å². The summed E-state index contributed by atoms with van der Waals surface area (Å²) in [7, 11) is 3.68. The zero-order valence-corrected chi connectivity index (χ0v) is 31.8. The summed E-state index contributed by atoms with van der Waals surface area (Å²) in [6.45, 7) is 5.21. The number of likely N-dealkylation sites (tertiary alicyclic amines) is 1. The summed E-state index contributed by atoms with van der Waals surface area (Å²) in [5.74, 6) is -2.65. The topological polar surface area (TPSA) is 153 Å². The van der Waals surface area contributed by atoms with Crippen LogP contribution >= 0.6 is 15.9 Å². The number of aryl methyl sites for hydroxylation is 1. The fourth-order valence-corrected chi connectivity index (χ4v) is 7.25. The molecular weight excluding hydrogens is 738 g/mol. The number of carbonyl (C=O) groups excluding carboxylic acids is 2.